The summed E-state index contributed by atoms with van der Waals surface area (Å²) in [6, 6.07) is 19.9. The van der Waals surface area contributed by atoms with Gasteiger partial charge in [-0.25, -0.2) is 0 Å². The van der Waals surface area contributed by atoms with E-state index in [4.69, 9.17) is 39.5 Å². The number of hydrogen-bond donors (Lipinski definition) is 2. The molecule has 0 aromatic heterocycles. The molecule has 3 rings (SSSR count). The number of hydrogen-bond acceptors (Lipinski definition) is 4. The molecule has 0 fully saturated rings. The van der Waals surface area contributed by atoms with Crippen molar-refractivity contribution in [3.63, 3.8) is 0 Å². The number of nitrogens with one attached hydrogen (secondary N) is 2. The Labute approximate surface area is 205 Å². The minimum atomic E-state index is -0.591. The van der Waals surface area contributed by atoms with Gasteiger partial charge in [0.05, 0.1) is 10.0 Å². The van der Waals surface area contributed by atoms with Crippen molar-refractivity contribution in [1.82, 2.24) is 0 Å². The van der Waals surface area contributed by atoms with Crippen molar-refractivity contribution < 1.29 is 14.3 Å². The van der Waals surface area contributed by atoms with E-state index in [1.807, 2.05) is 12.1 Å². The number of ether oxygens (including phenoxy) is 1. The van der Waals surface area contributed by atoms with E-state index in [0.717, 1.165) is 0 Å². The van der Waals surface area contributed by atoms with E-state index in [-0.39, 0.29) is 17.9 Å². The lowest BCUT2D eigenvalue weighted by molar-refractivity contribution is -0.118. The first-order chi connectivity index (χ1) is 15.9. The quantitative estimate of drug-likeness (QED) is 0.298. The molecule has 0 unspecified atom stereocenters. The van der Waals surface area contributed by atoms with Gasteiger partial charge in [-0.1, -0.05) is 53.0 Å². The van der Waals surface area contributed by atoms with Crippen molar-refractivity contribution >= 4 is 64.1 Å². The van der Waals surface area contributed by atoms with Crippen molar-refractivity contribution in [2.24, 2.45) is 0 Å². The molecule has 166 valence electrons. The molecule has 3 aromatic rings. The average molecular weight is 501 g/mol. The number of nitrogens with zero attached hydrogens (tertiary/aromatic N) is 1. The SMILES string of the molecule is N#C/C(=C\c1cc(Cl)ccc1OCC(=O)Nc1ccc(Cl)c(Cl)c1)C(=O)Nc1ccccc1. The third-order valence-corrected chi connectivity index (χ3v) is 5.20. The van der Waals surface area contributed by atoms with Crippen molar-refractivity contribution in [2.75, 3.05) is 17.2 Å². The second-order valence-corrected chi connectivity index (χ2v) is 7.89. The van der Waals surface area contributed by atoms with Gasteiger partial charge in [0, 0.05) is 22.0 Å². The van der Waals surface area contributed by atoms with Crippen LogP contribution in [0.25, 0.3) is 6.08 Å². The molecule has 2 N–H and O–H groups in total. The molecular formula is C24H16Cl3N3O3. The van der Waals surface area contributed by atoms with Crippen LogP contribution < -0.4 is 15.4 Å². The second kappa shape index (κ2) is 11.4. The molecule has 0 atom stereocenters. The standard InChI is InChI=1S/C24H16Cl3N3O3/c25-17-6-9-22(33-14-23(31)29-19-7-8-20(26)21(27)12-19)15(11-17)10-16(13-28)24(32)30-18-4-2-1-3-5-18/h1-12H,14H2,(H,29,31)(H,30,32)/b16-10+. The largest absolute Gasteiger partial charge is 0.483 e. The van der Waals surface area contributed by atoms with E-state index in [2.05, 4.69) is 10.6 Å². The van der Waals surface area contributed by atoms with Crippen molar-refractivity contribution in [2.45, 2.75) is 0 Å². The molecule has 0 saturated heterocycles. The van der Waals surface area contributed by atoms with E-state index in [9.17, 15) is 14.9 Å². The zero-order valence-electron chi connectivity index (χ0n) is 16.9. The third kappa shape index (κ3) is 6.99. The number of nitriles is 1. The predicted molar refractivity (Wildman–Crippen MR) is 131 cm³/mol. The average Bonchev–Trinajstić information content (AvgIpc) is 2.80. The topological polar surface area (TPSA) is 91.2 Å². The summed E-state index contributed by atoms with van der Waals surface area (Å²) in [6.45, 7) is -0.333. The summed E-state index contributed by atoms with van der Waals surface area (Å²) in [5.41, 5.74) is 1.21. The molecule has 9 heteroatoms. The molecule has 0 radical (unpaired) electrons. The number of para-hydroxylation sites is 1. The monoisotopic (exact) mass is 499 g/mol. The Bertz CT molecular complexity index is 1250. The van der Waals surface area contributed by atoms with Crippen LogP contribution in [0.4, 0.5) is 11.4 Å². The lowest BCUT2D eigenvalue weighted by Gasteiger charge is -2.11. The van der Waals surface area contributed by atoms with Gasteiger partial charge >= 0.3 is 0 Å². The van der Waals surface area contributed by atoms with Crippen molar-refractivity contribution in [3.8, 4) is 11.8 Å². The Morgan fingerprint density at radius 1 is 0.909 bits per heavy atom. The fraction of sp³-hybridized carbons (Fsp3) is 0.0417. The Kier molecular flexibility index (Phi) is 8.34. The molecule has 0 spiro atoms. The maximum atomic E-state index is 12.5. The number of amides is 2. The maximum absolute atomic E-state index is 12.5. The van der Waals surface area contributed by atoms with E-state index in [1.165, 1.54) is 18.2 Å². The van der Waals surface area contributed by atoms with E-state index >= 15 is 0 Å². The molecule has 0 aliphatic rings. The highest BCUT2D eigenvalue weighted by atomic mass is 35.5. The number of rotatable bonds is 7. The molecule has 2 amide bonds. The normalized spacial score (nSPS) is 10.8. The lowest BCUT2D eigenvalue weighted by Crippen LogP contribution is -2.20. The van der Waals surface area contributed by atoms with Gasteiger partial charge in [0.1, 0.15) is 17.4 Å². The number of benzene rings is 3. The van der Waals surface area contributed by atoms with Gasteiger partial charge in [-0.3, -0.25) is 9.59 Å². The number of carbonyl (C=O) groups excluding carboxylic acids is 2. The van der Waals surface area contributed by atoms with Crippen LogP contribution in [-0.2, 0) is 9.59 Å². The van der Waals surface area contributed by atoms with E-state index < -0.39 is 11.8 Å². The van der Waals surface area contributed by atoms with Crippen LogP contribution in [0, 0.1) is 11.3 Å². The van der Waals surface area contributed by atoms with Crippen molar-refractivity contribution in [1.29, 1.82) is 5.26 Å². The Balaban J connectivity index is 1.73. The lowest BCUT2D eigenvalue weighted by atomic mass is 10.1. The number of halogens is 3. The smallest absolute Gasteiger partial charge is 0.266 e. The van der Waals surface area contributed by atoms with Crippen LogP contribution in [0.15, 0.2) is 72.3 Å². The van der Waals surface area contributed by atoms with Crippen molar-refractivity contribution in [3.05, 3.63) is 92.9 Å². The molecule has 0 aliphatic carbocycles. The zero-order chi connectivity index (χ0) is 23.8. The van der Waals surface area contributed by atoms with Gasteiger partial charge in [0.25, 0.3) is 11.8 Å². The summed E-state index contributed by atoms with van der Waals surface area (Å²) in [6.07, 6.45) is 1.34. The van der Waals surface area contributed by atoms with E-state index in [1.54, 1.807) is 48.5 Å². The first-order valence-electron chi connectivity index (χ1n) is 9.51. The van der Waals surface area contributed by atoms with Crippen LogP contribution in [-0.4, -0.2) is 18.4 Å². The minimum absolute atomic E-state index is 0.161. The Morgan fingerprint density at radius 3 is 2.36 bits per heavy atom. The fourth-order valence-corrected chi connectivity index (χ4v) is 3.18. The second-order valence-electron chi connectivity index (χ2n) is 6.64. The maximum Gasteiger partial charge on any atom is 0.266 e. The van der Waals surface area contributed by atoms with Gasteiger partial charge in [-0.15, -0.1) is 0 Å². The molecule has 6 nitrogen and oxygen atoms in total. The fourth-order valence-electron chi connectivity index (χ4n) is 2.70. The highest BCUT2D eigenvalue weighted by Gasteiger charge is 2.13. The molecule has 0 heterocycles. The predicted octanol–water partition coefficient (Wildman–Crippen LogP) is 6.21. The van der Waals surface area contributed by atoms with E-state index in [0.29, 0.717) is 32.0 Å². The summed E-state index contributed by atoms with van der Waals surface area (Å²) >= 11 is 17.9. The van der Waals surface area contributed by atoms with Gasteiger partial charge in [-0.05, 0) is 54.6 Å². The zero-order valence-corrected chi connectivity index (χ0v) is 19.2. The third-order valence-electron chi connectivity index (χ3n) is 4.23. The molecule has 33 heavy (non-hydrogen) atoms. The van der Waals surface area contributed by atoms with Crippen LogP contribution in [0.2, 0.25) is 15.1 Å². The van der Waals surface area contributed by atoms with Gasteiger partial charge in [-0.2, -0.15) is 5.26 Å². The number of anilines is 2. The summed E-state index contributed by atoms with van der Waals surface area (Å²) < 4.78 is 5.61. The summed E-state index contributed by atoms with van der Waals surface area (Å²) in [5, 5.41) is 15.8. The van der Waals surface area contributed by atoms with Crippen LogP contribution >= 0.6 is 34.8 Å². The highest BCUT2D eigenvalue weighted by Crippen LogP contribution is 2.27. The highest BCUT2D eigenvalue weighted by molar-refractivity contribution is 6.42. The summed E-state index contributed by atoms with van der Waals surface area (Å²) in [4.78, 5) is 24.8. The Hall–Kier alpha value is -3.50. The molecule has 0 aliphatic heterocycles. The number of carbonyl (C=O) groups is 2. The van der Waals surface area contributed by atoms with Crippen LogP contribution in [0.3, 0.4) is 0 Å². The summed E-state index contributed by atoms with van der Waals surface area (Å²) in [5.74, 6) is -0.767. The Morgan fingerprint density at radius 2 is 1.67 bits per heavy atom. The molecular weight excluding hydrogens is 485 g/mol. The van der Waals surface area contributed by atoms with Gasteiger partial charge < -0.3 is 15.4 Å². The summed E-state index contributed by atoms with van der Waals surface area (Å²) in [7, 11) is 0. The van der Waals surface area contributed by atoms with Crippen LogP contribution in [0.5, 0.6) is 5.75 Å². The van der Waals surface area contributed by atoms with Crippen LogP contribution in [0.1, 0.15) is 5.56 Å². The first kappa shape index (κ1) is 24.1. The molecule has 3 aromatic carbocycles. The minimum Gasteiger partial charge on any atom is -0.483 e. The molecule has 0 bridgehead atoms. The van der Waals surface area contributed by atoms with Gasteiger partial charge in [0.15, 0.2) is 6.61 Å². The first-order valence-corrected chi connectivity index (χ1v) is 10.6. The van der Waals surface area contributed by atoms with Gasteiger partial charge in [0.2, 0.25) is 0 Å². The molecule has 0 saturated carbocycles.